The fourth-order valence-corrected chi connectivity index (χ4v) is 6.18. The molecule has 1 aromatic heterocycles. The summed E-state index contributed by atoms with van der Waals surface area (Å²) in [6.07, 6.45) is -2.11. The van der Waals surface area contributed by atoms with Crippen LogP contribution in [-0.4, -0.2) is 58.1 Å². The lowest BCUT2D eigenvalue weighted by Gasteiger charge is -2.38. The van der Waals surface area contributed by atoms with E-state index >= 15 is 0 Å². The Balaban J connectivity index is 1.83. The first-order valence-corrected chi connectivity index (χ1v) is 13.5. The molecule has 0 spiro atoms. The Morgan fingerprint density at radius 2 is 1.48 bits per heavy atom. The first-order chi connectivity index (χ1) is 18.7. The summed E-state index contributed by atoms with van der Waals surface area (Å²) in [5, 5.41) is 1.01. The van der Waals surface area contributed by atoms with E-state index in [0.29, 0.717) is 5.69 Å². The third-order valence-electron chi connectivity index (χ3n) is 7.52. The van der Waals surface area contributed by atoms with E-state index in [1.54, 1.807) is 41.5 Å². The van der Waals surface area contributed by atoms with Gasteiger partial charge in [0.05, 0.1) is 18.2 Å². The van der Waals surface area contributed by atoms with E-state index in [-0.39, 0.29) is 6.42 Å². The van der Waals surface area contributed by atoms with Crippen LogP contribution in [0.4, 0.5) is 15.3 Å². The molecule has 0 N–H and O–H groups in total. The Hall–Kier alpha value is -4.01. The first kappa shape index (κ1) is 27.6. The Bertz CT molecular complexity index is 1500. The van der Waals surface area contributed by atoms with Crippen molar-refractivity contribution in [1.29, 1.82) is 0 Å². The summed E-state index contributed by atoms with van der Waals surface area (Å²) >= 11 is 0. The zero-order valence-electron chi connectivity index (χ0n) is 24.3. The van der Waals surface area contributed by atoms with Crippen molar-refractivity contribution in [3.63, 3.8) is 0 Å². The van der Waals surface area contributed by atoms with Crippen LogP contribution in [0, 0.1) is 0 Å². The number of ether oxygens (including phenoxy) is 3. The maximum Gasteiger partial charge on any atom is 0.416 e. The van der Waals surface area contributed by atoms with Gasteiger partial charge in [0.2, 0.25) is 0 Å². The molecule has 1 fully saturated rings. The highest BCUT2D eigenvalue weighted by atomic mass is 16.6. The number of likely N-dealkylation sites (tertiary alicyclic amines) is 1. The molecule has 3 atom stereocenters. The lowest BCUT2D eigenvalue weighted by atomic mass is 9.75. The summed E-state index contributed by atoms with van der Waals surface area (Å²) in [5.74, 6) is -0.583. The van der Waals surface area contributed by atoms with Gasteiger partial charge in [-0.2, -0.15) is 0 Å². The van der Waals surface area contributed by atoms with Crippen molar-refractivity contribution >= 4 is 34.7 Å². The molecule has 2 amide bonds. The zero-order valence-corrected chi connectivity index (χ0v) is 24.3. The smallest absolute Gasteiger partial charge is 0.416 e. The van der Waals surface area contributed by atoms with Crippen LogP contribution in [0.1, 0.15) is 59.2 Å². The minimum atomic E-state index is -1.01. The van der Waals surface area contributed by atoms with Gasteiger partial charge in [0.1, 0.15) is 23.4 Å². The van der Waals surface area contributed by atoms with Crippen molar-refractivity contribution in [2.45, 2.75) is 76.8 Å². The van der Waals surface area contributed by atoms with Gasteiger partial charge < -0.3 is 18.8 Å². The fourth-order valence-electron chi connectivity index (χ4n) is 6.18. The molecule has 40 heavy (non-hydrogen) atoms. The van der Waals surface area contributed by atoms with Gasteiger partial charge in [0, 0.05) is 18.3 Å². The Kier molecular flexibility index (Phi) is 6.39. The molecule has 0 aliphatic carbocycles. The quantitative estimate of drug-likeness (QED) is 0.301. The average molecular weight is 548 g/mol. The Morgan fingerprint density at radius 1 is 0.875 bits per heavy atom. The molecule has 0 unspecified atom stereocenters. The molecule has 2 aliphatic heterocycles. The van der Waals surface area contributed by atoms with Crippen molar-refractivity contribution in [3.8, 4) is 0 Å². The van der Waals surface area contributed by atoms with E-state index in [4.69, 9.17) is 14.2 Å². The van der Waals surface area contributed by atoms with E-state index in [0.717, 1.165) is 22.2 Å². The molecule has 3 aromatic rings. The number of carbonyl (C=O) groups excluding carboxylic acids is 3. The zero-order chi connectivity index (χ0) is 29.2. The number of anilines is 1. The molecule has 2 aromatic carbocycles. The van der Waals surface area contributed by atoms with Gasteiger partial charge in [-0.15, -0.1) is 0 Å². The Labute approximate surface area is 234 Å². The molecule has 3 heterocycles. The minimum Gasteiger partial charge on any atom is -0.467 e. The number of methoxy groups -OCH3 is 1. The van der Waals surface area contributed by atoms with Gasteiger partial charge in [0.25, 0.3) is 0 Å². The van der Waals surface area contributed by atoms with Crippen LogP contribution in [0.15, 0.2) is 54.6 Å². The molecular weight excluding hydrogens is 510 g/mol. The number of aryl methyl sites for hydroxylation is 1. The van der Waals surface area contributed by atoms with Crippen LogP contribution in [0.2, 0.25) is 0 Å². The molecule has 9 heteroatoms. The SMILES string of the molecule is COC(=O)[C@@H]1C[C@@]2(c3cc4ccccc4n3C)c3ccccc3N(C(=O)OC(C)(C)C)[C@H]2N1C(=O)OC(C)(C)C. The number of carbonyl (C=O) groups is 3. The molecule has 0 bridgehead atoms. The summed E-state index contributed by atoms with van der Waals surface area (Å²) in [7, 11) is 3.26. The third-order valence-corrected chi connectivity index (χ3v) is 7.52. The van der Waals surface area contributed by atoms with Crippen LogP contribution >= 0.6 is 0 Å². The molecule has 2 aliphatic rings. The second-order valence-electron chi connectivity index (χ2n) is 12.5. The van der Waals surface area contributed by atoms with Crippen molar-refractivity contribution in [2.24, 2.45) is 7.05 Å². The second kappa shape index (κ2) is 9.28. The van der Waals surface area contributed by atoms with Crippen molar-refractivity contribution in [1.82, 2.24) is 9.47 Å². The molecule has 5 rings (SSSR count). The lowest BCUT2D eigenvalue weighted by molar-refractivity contribution is -0.146. The number of amides is 2. The first-order valence-electron chi connectivity index (χ1n) is 13.5. The van der Waals surface area contributed by atoms with Gasteiger partial charge in [-0.05, 0) is 77.1 Å². The highest BCUT2D eigenvalue weighted by molar-refractivity contribution is 5.97. The minimum absolute atomic E-state index is 0.185. The van der Waals surface area contributed by atoms with Crippen molar-refractivity contribution in [3.05, 3.63) is 65.9 Å². The van der Waals surface area contributed by atoms with Crippen LogP contribution < -0.4 is 4.90 Å². The highest BCUT2D eigenvalue weighted by Crippen LogP contribution is 2.58. The fraction of sp³-hybridized carbons (Fsp3) is 0.452. The van der Waals surface area contributed by atoms with E-state index in [1.807, 2.05) is 55.6 Å². The number of nitrogens with zero attached hydrogens (tertiary/aromatic N) is 3. The topological polar surface area (TPSA) is 90.3 Å². The van der Waals surface area contributed by atoms with Crippen LogP contribution in [0.25, 0.3) is 10.9 Å². The highest BCUT2D eigenvalue weighted by Gasteiger charge is 2.67. The summed E-state index contributed by atoms with van der Waals surface area (Å²) in [4.78, 5) is 44.2. The Morgan fingerprint density at radius 3 is 2.10 bits per heavy atom. The number of hydrogen-bond acceptors (Lipinski definition) is 6. The van der Waals surface area contributed by atoms with Crippen LogP contribution in [0.3, 0.4) is 0 Å². The number of aromatic nitrogens is 1. The van der Waals surface area contributed by atoms with Gasteiger partial charge in [-0.1, -0.05) is 36.4 Å². The molecule has 212 valence electrons. The number of fused-ring (bicyclic) bond motifs is 4. The van der Waals surface area contributed by atoms with Crippen LogP contribution in [-0.2, 0) is 31.5 Å². The number of esters is 1. The third kappa shape index (κ3) is 4.28. The average Bonchev–Trinajstić information content (AvgIpc) is 3.47. The summed E-state index contributed by atoms with van der Waals surface area (Å²) in [5.41, 5.74) is 0.651. The number of hydrogen-bond donors (Lipinski definition) is 0. The maximum absolute atomic E-state index is 14.0. The summed E-state index contributed by atoms with van der Waals surface area (Å²) < 4.78 is 19.0. The summed E-state index contributed by atoms with van der Waals surface area (Å²) in [6, 6.07) is 16.6. The maximum atomic E-state index is 14.0. The van der Waals surface area contributed by atoms with Gasteiger partial charge in [-0.25, -0.2) is 14.4 Å². The predicted octanol–water partition coefficient (Wildman–Crippen LogP) is 5.73. The molecule has 0 radical (unpaired) electrons. The molecule has 9 nitrogen and oxygen atoms in total. The molecular formula is C31H37N3O6. The standard InChI is InChI=1S/C31H37N3O6/c1-29(2,3)39-27(36)33-22-16-12-10-14-20(22)31(24-17-19-13-9-11-15-21(19)32(24)7)18-23(25(35)38-8)34(26(31)33)28(37)40-30(4,5)6/h9-17,23,26H,18H2,1-8H3/t23-,26-,31-/m0/s1. The number of para-hydroxylation sites is 2. The lowest BCUT2D eigenvalue weighted by Crippen LogP contribution is -2.58. The van der Waals surface area contributed by atoms with Crippen LogP contribution in [0.5, 0.6) is 0 Å². The van der Waals surface area contributed by atoms with Crippen molar-refractivity contribution in [2.75, 3.05) is 12.0 Å². The molecule has 1 saturated heterocycles. The van der Waals surface area contributed by atoms with E-state index < -0.39 is 47.0 Å². The van der Waals surface area contributed by atoms with E-state index in [2.05, 4.69) is 10.6 Å². The number of benzene rings is 2. The normalized spacial score (nSPS) is 22.2. The second-order valence-corrected chi connectivity index (χ2v) is 12.5. The van der Waals surface area contributed by atoms with E-state index in [1.165, 1.54) is 16.9 Å². The summed E-state index contributed by atoms with van der Waals surface area (Å²) in [6.45, 7) is 10.7. The van der Waals surface area contributed by atoms with Crippen molar-refractivity contribution < 1.29 is 28.6 Å². The van der Waals surface area contributed by atoms with Gasteiger partial charge >= 0.3 is 18.2 Å². The number of rotatable bonds is 2. The monoisotopic (exact) mass is 547 g/mol. The molecule has 0 saturated carbocycles. The predicted molar refractivity (Wildman–Crippen MR) is 151 cm³/mol. The largest absolute Gasteiger partial charge is 0.467 e. The van der Waals surface area contributed by atoms with E-state index in [9.17, 15) is 14.4 Å². The van der Waals surface area contributed by atoms with Gasteiger partial charge in [0.15, 0.2) is 0 Å². The van der Waals surface area contributed by atoms with Gasteiger partial charge in [-0.3, -0.25) is 9.80 Å².